The number of ether oxygens (including phenoxy) is 4. The molecule has 1 saturated heterocycles. The number of nitrogens with zero attached hydrogens (tertiary/aromatic N) is 2. The summed E-state index contributed by atoms with van der Waals surface area (Å²) in [5, 5.41) is 13.2. The molecule has 14 nitrogen and oxygen atoms in total. The van der Waals surface area contributed by atoms with Gasteiger partial charge in [0.15, 0.2) is 6.23 Å². The number of hydroxylamine groups is 2. The zero-order chi connectivity index (χ0) is 31.2. The van der Waals surface area contributed by atoms with E-state index in [9.17, 15) is 29.1 Å². The largest absolute Gasteiger partial charge is 0.379 e. The Hall–Kier alpha value is -2.91. The van der Waals surface area contributed by atoms with E-state index in [4.69, 9.17) is 23.8 Å². The Balaban J connectivity index is 1.40. The van der Waals surface area contributed by atoms with Crippen molar-refractivity contribution in [2.45, 2.75) is 71.6 Å². The molecule has 0 aromatic carbocycles. The molecule has 0 aromatic heterocycles. The highest BCUT2D eigenvalue weighted by atomic mass is 16.7. The molecular formula is C28H45N3O11. The number of aliphatic hydroxyl groups is 1. The molecule has 0 radical (unpaired) electrons. The van der Waals surface area contributed by atoms with E-state index in [-0.39, 0.29) is 31.7 Å². The van der Waals surface area contributed by atoms with Crippen molar-refractivity contribution in [1.82, 2.24) is 15.3 Å². The van der Waals surface area contributed by atoms with Gasteiger partial charge in [-0.05, 0) is 40.5 Å². The molecule has 2 N–H and O–H groups in total. The fourth-order valence-corrected chi connectivity index (χ4v) is 3.85. The Kier molecular flexibility index (Phi) is 14.5. The van der Waals surface area contributed by atoms with Crippen LogP contribution in [0.15, 0.2) is 12.2 Å². The van der Waals surface area contributed by atoms with E-state index in [1.54, 1.807) is 13.8 Å². The van der Waals surface area contributed by atoms with Gasteiger partial charge in [0.05, 0.1) is 50.7 Å². The highest BCUT2D eigenvalue weighted by molar-refractivity contribution is 6.13. The van der Waals surface area contributed by atoms with Crippen LogP contribution in [0.25, 0.3) is 0 Å². The van der Waals surface area contributed by atoms with Gasteiger partial charge in [-0.1, -0.05) is 0 Å². The highest BCUT2D eigenvalue weighted by Gasteiger charge is 2.37. The summed E-state index contributed by atoms with van der Waals surface area (Å²) in [5.74, 6) is -2.06. The first-order valence-electron chi connectivity index (χ1n) is 14.2. The summed E-state index contributed by atoms with van der Waals surface area (Å²) >= 11 is 0. The number of rotatable bonds is 21. The lowest BCUT2D eigenvalue weighted by atomic mass is 9.90. The molecule has 2 rings (SSSR count). The lowest BCUT2D eigenvalue weighted by molar-refractivity contribution is -0.228. The van der Waals surface area contributed by atoms with Crippen LogP contribution in [0, 0.1) is 5.41 Å². The molecule has 0 aliphatic carbocycles. The van der Waals surface area contributed by atoms with E-state index in [0.29, 0.717) is 65.6 Å². The second-order valence-electron chi connectivity index (χ2n) is 11.2. The quantitative estimate of drug-likeness (QED) is 0.139. The molecule has 0 aromatic rings. The lowest BCUT2D eigenvalue weighted by Crippen LogP contribution is -2.40. The number of carbonyl (C=O) groups excluding carboxylic acids is 5. The summed E-state index contributed by atoms with van der Waals surface area (Å²) in [6.07, 6.45) is 2.67. The zero-order valence-corrected chi connectivity index (χ0v) is 25.1. The zero-order valence-electron chi connectivity index (χ0n) is 25.1. The van der Waals surface area contributed by atoms with Crippen LogP contribution in [0.2, 0.25) is 0 Å². The van der Waals surface area contributed by atoms with E-state index in [1.165, 1.54) is 12.2 Å². The van der Waals surface area contributed by atoms with Crippen molar-refractivity contribution < 1.29 is 52.9 Å². The molecule has 2 aliphatic rings. The number of amides is 4. The molecule has 238 valence electrons. The Labute approximate surface area is 246 Å². The van der Waals surface area contributed by atoms with E-state index >= 15 is 0 Å². The van der Waals surface area contributed by atoms with Crippen molar-refractivity contribution in [3.63, 3.8) is 0 Å². The van der Waals surface area contributed by atoms with Gasteiger partial charge < -0.3 is 34.2 Å². The van der Waals surface area contributed by atoms with Crippen LogP contribution in [-0.4, -0.2) is 116 Å². The van der Waals surface area contributed by atoms with Gasteiger partial charge in [0, 0.05) is 51.1 Å². The minimum absolute atomic E-state index is 0.0482. The maximum absolute atomic E-state index is 12.4. The molecule has 0 saturated carbocycles. The second-order valence-corrected chi connectivity index (χ2v) is 11.2. The number of nitrogens with one attached hydrogen (secondary N) is 1. The summed E-state index contributed by atoms with van der Waals surface area (Å²) in [6, 6.07) is 0. The number of hydrogen-bond donors (Lipinski definition) is 2. The van der Waals surface area contributed by atoms with Gasteiger partial charge in [0.2, 0.25) is 5.91 Å². The SMILES string of the molecule is CC(C)(CCNC(=O)CCN1C(=O)C=CC1=O)OCCOCCOCCOCCC(C)(C)C(=O)ON1C(=O)CCC1O. The summed E-state index contributed by atoms with van der Waals surface area (Å²) in [6.45, 7) is 10.2. The Morgan fingerprint density at radius 3 is 2.05 bits per heavy atom. The van der Waals surface area contributed by atoms with Crippen LogP contribution in [-0.2, 0) is 47.8 Å². The molecule has 1 unspecified atom stereocenters. The van der Waals surface area contributed by atoms with Gasteiger partial charge in [-0.15, -0.1) is 5.06 Å². The smallest absolute Gasteiger partial charge is 0.338 e. The normalized spacial score (nSPS) is 17.5. The van der Waals surface area contributed by atoms with Crippen LogP contribution in [0.5, 0.6) is 0 Å². The number of hydrogen-bond acceptors (Lipinski definition) is 11. The maximum Gasteiger partial charge on any atom is 0.338 e. The third-order valence-electron chi connectivity index (χ3n) is 6.71. The van der Waals surface area contributed by atoms with Crippen LogP contribution < -0.4 is 5.32 Å². The van der Waals surface area contributed by atoms with Gasteiger partial charge in [-0.2, -0.15) is 0 Å². The fourth-order valence-electron chi connectivity index (χ4n) is 3.85. The van der Waals surface area contributed by atoms with E-state index in [1.807, 2.05) is 13.8 Å². The van der Waals surface area contributed by atoms with E-state index in [0.717, 1.165) is 9.96 Å². The number of carbonyl (C=O) groups is 5. The average molecular weight is 600 g/mol. The van der Waals surface area contributed by atoms with Crippen molar-refractivity contribution >= 4 is 29.6 Å². The topological polar surface area (TPSA) is 170 Å². The van der Waals surface area contributed by atoms with Crippen LogP contribution >= 0.6 is 0 Å². The highest BCUT2D eigenvalue weighted by Crippen LogP contribution is 2.25. The molecule has 0 bridgehead atoms. The Morgan fingerprint density at radius 2 is 1.48 bits per heavy atom. The third kappa shape index (κ3) is 12.5. The van der Waals surface area contributed by atoms with Crippen LogP contribution in [0.3, 0.4) is 0 Å². The second kappa shape index (κ2) is 17.3. The van der Waals surface area contributed by atoms with Crippen LogP contribution in [0.4, 0.5) is 0 Å². The summed E-state index contributed by atoms with van der Waals surface area (Å²) < 4.78 is 22.4. The van der Waals surface area contributed by atoms with Gasteiger partial charge >= 0.3 is 5.97 Å². The van der Waals surface area contributed by atoms with Crippen molar-refractivity contribution in [2.24, 2.45) is 5.41 Å². The molecule has 2 aliphatic heterocycles. The molecule has 2 heterocycles. The van der Waals surface area contributed by atoms with Crippen molar-refractivity contribution in [3.8, 4) is 0 Å². The minimum atomic E-state index is -1.10. The number of imide groups is 1. The first-order valence-corrected chi connectivity index (χ1v) is 14.2. The van der Waals surface area contributed by atoms with Crippen molar-refractivity contribution in [1.29, 1.82) is 0 Å². The van der Waals surface area contributed by atoms with Gasteiger partial charge in [-0.25, -0.2) is 4.79 Å². The number of aliphatic hydroxyl groups excluding tert-OH is 1. The summed E-state index contributed by atoms with van der Waals surface area (Å²) in [5.41, 5.74) is -1.37. The first-order chi connectivity index (χ1) is 19.8. The molecule has 1 fully saturated rings. The summed E-state index contributed by atoms with van der Waals surface area (Å²) in [4.78, 5) is 65.2. The standard InChI is InChI=1S/C28H45N3O11/c1-27(2,26(37)42-31-24(35)7-8-25(31)36)11-14-38-15-16-39-17-18-40-19-20-41-28(3,4)10-12-29-21(32)9-13-30-22(33)5-6-23(30)34/h5-6,24,35H,7-20H2,1-4H3,(H,29,32). The lowest BCUT2D eigenvalue weighted by Gasteiger charge is -2.26. The predicted molar refractivity (Wildman–Crippen MR) is 147 cm³/mol. The van der Waals surface area contributed by atoms with E-state index < -0.39 is 40.9 Å². The van der Waals surface area contributed by atoms with Crippen molar-refractivity contribution in [3.05, 3.63) is 12.2 Å². The molecule has 4 amide bonds. The molecule has 42 heavy (non-hydrogen) atoms. The van der Waals surface area contributed by atoms with Gasteiger partial charge in [0.25, 0.3) is 17.7 Å². The van der Waals surface area contributed by atoms with Crippen molar-refractivity contribution in [2.75, 3.05) is 59.3 Å². The summed E-state index contributed by atoms with van der Waals surface area (Å²) in [7, 11) is 0. The average Bonchev–Trinajstić information content (AvgIpc) is 3.42. The van der Waals surface area contributed by atoms with Gasteiger partial charge in [-0.3, -0.25) is 24.1 Å². The Morgan fingerprint density at radius 1 is 0.905 bits per heavy atom. The minimum Gasteiger partial charge on any atom is -0.379 e. The monoisotopic (exact) mass is 599 g/mol. The first kappa shape index (κ1) is 35.3. The molecular weight excluding hydrogens is 554 g/mol. The molecule has 0 spiro atoms. The predicted octanol–water partition coefficient (Wildman–Crippen LogP) is 0.468. The third-order valence-corrected chi connectivity index (χ3v) is 6.71. The maximum atomic E-state index is 12.4. The Bertz CT molecular complexity index is 949. The van der Waals surface area contributed by atoms with E-state index in [2.05, 4.69) is 5.32 Å². The van der Waals surface area contributed by atoms with Crippen LogP contribution in [0.1, 0.15) is 59.8 Å². The van der Waals surface area contributed by atoms with Gasteiger partial charge in [0.1, 0.15) is 0 Å². The molecule has 14 heteroatoms. The fraction of sp³-hybridized carbons (Fsp3) is 0.750. The molecule has 1 atom stereocenters.